The van der Waals surface area contributed by atoms with Gasteiger partial charge in [0.25, 0.3) is 0 Å². The van der Waals surface area contributed by atoms with Gasteiger partial charge in [0.1, 0.15) is 0 Å². The lowest BCUT2D eigenvalue weighted by atomic mass is 9.95. The molecule has 10 rings (SSSR count). The van der Waals surface area contributed by atoms with Gasteiger partial charge in [0.05, 0.1) is 22.1 Å². The first-order valence-corrected chi connectivity index (χ1v) is 18.1. The number of halogens is 1. The first-order valence-electron chi connectivity index (χ1n) is 17.3. The van der Waals surface area contributed by atoms with Crippen molar-refractivity contribution in [1.29, 1.82) is 0 Å². The highest BCUT2D eigenvalue weighted by atomic mass is 79.9. The van der Waals surface area contributed by atoms with Gasteiger partial charge in [-0.15, -0.1) is 0 Å². The minimum Gasteiger partial charge on any atom is -0.309 e. The van der Waals surface area contributed by atoms with Gasteiger partial charge in [-0.3, -0.25) is 0 Å². The van der Waals surface area contributed by atoms with Gasteiger partial charge in [-0.25, -0.2) is 0 Å². The molecule has 51 heavy (non-hydrogen) atoms. The monoisotopic (exact) mass is 714 g/mol. The number of hydrogen-bond acceptors (Lipinski definition) is 0. The predicted molar refractivity (Wildman–Crippen MR) is 219 cm³/mol. The SMILES string of the molecule is Brc1cc(-c2cccc(-c3ccc4c(c3)c3ccccc3n4-c3ccccc3)c2)cc(-c2cccc(-n3c4ccccc4c4ccccc43)c2)c1. The van der Waals surface area contributed by atoms with Gasteiger partial charge in [0.2, 0.25) is 0 Å². The van der Waals surface area contributed by atoms with Crippen LogP contribution in [0.25, 0.3) is 88.4 Å². The van der Waals surface area contributed by atoms with E-state index in [-0.39, 0.29) is 0 Å². The molecule has 2 heterocycles. The summed E-state index contributed by atoms with van der Waals surface area (Å²) in [6.45, 7) is 0. The van der Waals surface area contributed by atoms with Crippen molar-refractivity contribution in [3.8, 4) is 44.8 Å². The van der Waals surface area contributed by atoms with Crippen molar-refractivity contribution in [1.82, 2.24) is 9.13 Å². The molecule has 0 saturated carbocycles. The second-order valence-corrected chi connectivity index (χ2v) is 14.1. The van der Waals surface area contributed by atoms with Crippen molar-refractivity contribution >= 4 is 59.5 Å². The molecule has 0 radical (unpaired) electrons. The Morgan fingerprint density at radius 1 is 0.275 bits per heavy atom. The number of aromatic nitrogens is 2. The predicted octanol–water partition coefficient (Wildman–Crippen LogP) is 13.6. The molecular formula is C48H31BrN2. The van der Waals surface area contributed by atoms with Gasteiger partial charge in [-0.1, -0.05) is 125 Å². The summed E-state index contributed by atoms with van der Waals surface area (Å²) in [5, 5.41) is 5.05. The zero-order valence-electron chi connectivity index (χ0n) is 27.7. The number of fused-ring (bicyclic) bond motifs is 6. The van der Waals surface area contributed by atoms with E-state index in [1.807, 2.05) is 0 Å². The Morgan fingerprint density at radius 2 is 0.706 bits per heavy atom. The average Bonchev–Trinajstić information content (AvgIpc) is 3.71. The number of rotatable bonds is 5. The highest BCUT2D eigenvalue weighted by Gasteiger charge is 2.15. The summed E-state index contributed by atoms with van der Waals surface area (Å²) in [5.74, 6) is 0. The van der Waals surface area contributed by atoms with Crippen LogP contribution in [0.5, 0.6) is 0 Å². The third kappa shape index (κ3) is 5.00. The van der Waals surface area contributed by atoms with Crippen molar-refractivity contribution in [3.05, 3.63) is 193 Å². The number of benzene rings is 8. The highest BCUT2D eigenvalue weighted by Crippen LogP contribution is 2.38. The maximum absolute atomic E-state index is 3.86. The highest BCUT2D eigenvalue weighted by molar-refractivity contribution is 9.10. The van der Waals surface area contributed by atoms with Gasteiger partial charge in [0.15, 0.2) is 0 Å². The zero-order valence-corrected chi connectivity index (χ0v) is 29.3. The van der Waals surface area contributed by atoms with Crippen LogP contribution in [-0.4, -0.2) is 9.13 Å². The molecular weight excluding hydrogens is 684 g/mol. The van der Waals surface area contributed by atoms with Crippen LogP contribution < -0.4 is 0 Å². The van der Waals surface area contributed by atoms with E-state index >= 15 is 0 Å². The summed E-state index contributed by atoms with van der Waals surface area (Å²) in [4.78, 5) is 0. The molecule has 0 aliphatic rings. The van der Waals surface area contributed by atoms with Crippen LogP contribution in [0, 0.1) is 0 Å². The van der Waals surface area contributed by atoms with Crippen molar-refractivity contribution in [2.24, 2.45) is 0 Å². The molecule has 8 aromatic carbocycles. The number of nitrogens with zero attached hydrogens (tertiary/aromatic N) is 2. The van der Waals surface area contributed by atoms with Gasteiger partial charge >= 0.3 is 0 Å². The van der Waals surface area contributed by atoms with Crippen LogP contribution in [0.15, 0.2) is 193 Å². The van der Waals surface area contributed by atoms with Gasteiger partial charge in [-0.2, -0.15) is 0 Å². The van der Waals surface area contributed by atoms with Crippen LogP contribution >= 0.6 is 15.9 Å². The standard InChI is InChI=1S/C48H31BrN2/c49-38-28-36(27-37(29-38)34-14-11-17-40(30-34)51-45-21-7-4-18-41(45)42-19-5-8-22-46(42)51)33-13-10-12-32(26-33)35-24-25-48-44(31-35)43-20-6-9-23-47(43)50(48)39-15-2-1-3-16-39/h1-31H. The Morgan fingerprint density at radius 3 is 1.35 bits per heavy atom. The van der Waals surface area contributed by atoms with Gasteiger partial charge < -0.3 is 9.13 Å². The molecule has 0 spiro atoms. The molecule has 0 atom stereocenters. The summed E-state index contributed by atoms with van der Waals surface area (Å²) < 4.78 is 5.80. The molecule has 2 nitrogen and oxygen atoms in total. The lowest BCUT2D eigenvalue weighted by Crippen LogP contribution is -1.94. The lowest BCUT2D eigenvalue weighted by molar-refractivity contribution is 1.18. The quantitative estimate of drug-likeness (QED) is 0.168. The fourth-order valence-corrected chi connectivity index (χ4v) is 8.33. The van der Waals surface area contributed by atoms with Gasteiger partial charge in [-0.05, 0) is 112 Å². The Bertz CT molecular complexity index is 2880. The molecule has 0 aliphatic heterocycles. The number of para-hydroxylation sites is 4. The van der Waals surface area contributed by atoms with Crippen LogP contribution in [0.2, 0.25) is 0 Å². The molecule has 0 unspecified atom stereocenters. The summed E-state index contributed by atoms with van der Waals surface area (Å²) in [7, 11) is 0. The van der Waals surface area contributed by atoms with E-state index in [2.05, 4.69) is 213 Å². The fraction of sp³-hybridized carbons (Fsp3) is 0. The van der Waals surface area contributed by atoms with Crippen molar-refractivity contribution < 1.29 is 0 Å². The molecule has 0 amide bonds. The average molecular weight is 716 g/mol. The first kappa shape index (κ1) is 29.7. The topological polar surface area (TPSA) is 9.86 Å². The third-order valence-electron chi connectivity index (χ3n) is 10.1. The first-order chi connectivity index (χ1) is 25.2. The van der Waals surface area contributed by atoms with E-state index < -0.39 is 0 Å². The molecule has 0 fully saturated rings. The van der Waals surface area contributed by atoms with Crippen molar-refractivity contribution in [2.75, 3.05) is 0 Å². The smallest absolute Gasteiger partial charge is 0.0541 e. The summed E-state index contributed by atoms with van der Waals surface area (Å²) >= 11 is 3.86. The summed E-state index contributed by atoms with van der Waals surface area (Å²) in [6, 6.07) is 68.1. The number of hydrogen-bond donors (Lipinski definition) is 0. The van der Waals surface area contributed by atoms with Gasteiger partial charge in [0, 0.05) is 37.4 Å². The largest absolute Gasteiger partial charge is 0.309 e. The van der Waals surface area contributed by atoms with Crippen molar-refractivity contribution in [3.63, 3.8) is 0 Å². The van der Waals surface area contributed by atoms with Crippen LogP contribution in [-0.2, 0) is 0 Å². The minimum atomic E-state index is 1.05. The van der Waals surface area contributed by atoms with E-state index in [1.54, 1.807) is 0 Å². The van der Waals surface area contributed by atoms with E-state index in [0.29, 0.717) is 0 Å². The normalized spacial score (nSPS) is 11.6. The molecule has 2 aromatic heterocycles. The van der Waals surface area contributed by atoms with Crippen LogP contribution in [0.1, 0.15) is 0 Å². The zero-order chi connectivity index (χ0) is 33.9. The fourth-order valence-electron chi connectivity index (χ4n) is 7.83. The molecule has 240 valence electrons. The Hall–Kier alpha value is -6.16. The molecule has 10 aromatic rings. The van der Waals surface area contributed by atoms with E-state index in [4.69, 9.17) is 0 Å². The van der Waals surface area contributed by atoms with Crippen LogP contribution in [0.3, 0.4) is 0 Å². The summed E-state index contributed by atoms with van der Waals surface area (Å²) in [5.41, 5.74) is 14.3. The Labute approximate surface area is 304 Å². The summed E-state index contributed by atoms with van der Waals surface area (Å²) in [6.07, 6.45) is 0. The van der Waals surface area contributed by atoms with E-state index in [1.165, 1.54) is 82.7 Å². The Kier molecular flexibility index (Phi) is 7.00. The maximum Gasteiger partial charge on any atom is 0.0541 e. The molecule has 0 bridgehead atoms. The molecule has 0 aliphatic carbocycles. The second-order valence-electron chi connectivity index (χ2n) is 13.1. The Balaban J connectivity index is 1.05. The third-order valence-corrected chi connectivity index (χ3v) is 10.6. The lowest BCUT2D eigenvalue weighted by Gasteiger charge is -2.13. The van der Waals surface area contributed by atoms with Crippen LogP contribution in [0.4, 0.5) is 0 Å². The van der Waals surface area contributed by atoms with E-state index in [0.717, 1.165) is 10.2 Å². The van der Waals surface area contributed by atoms with E-state index in [9.17, 15) is 0 Å². The van der Waals surface area contributed by atoms with Crippen molar-refractivity contribution in [2.45, 2.75) is 0 Å². The molecule has 0 N–H and O–H groups in total. The maximum atomic E-state index is 3.86. The molecule has 0 saturated heterocycles. The molecule has 3 heteroatoms. The minimum absolute atomic E-state index is 1.05. The second kappa shape index (κ2) is 12.0.